The standard InChI is InChI=1S/C22H23ClN4O2.C22H20N6O2/c1-12(15-9-21(28)24-10-15)29-20-8-14(7-19-16(20)11-27(2)26-19)18-6-13-4-3-5-17(23)22(13)25-18;1-13(16-7-22(29)25-9-16)30-20-6-15(5-18-17(20)12-27(2)26-18)19-10-24-21-4-3-14(8-23)11-28(19)21/h5-8,11-12,15,25H,3-4,9-10H2,1-2H3,(H,24,28);3-6,10-13,16H,7,9H2,1-2H3,(H,25,29)/t12-,15-;13-,16-/m11/s1. The number of hydrogen-bond donors (Lipinski definition) is 3. The topological polar surface area (TPSA) is 169 Å². The van der Waals surface area contributed by atoms with Gasteiger partial charge in [-0.2, -0.15) is 15.5 Å². The van der Waals surface area contributed by atoms with Gasteiger partial charge in [-0.15, -0.1) is 0 Å². The van der Waals surface area contributed by atoms with Crippen molar-refractivity contribution in [2.24, 2.45) is 25.9 Å². The monoisotopic (exact) mass is 810 g/mol. The van der Waals surface area contributed by atoms with E-state index in [0.29, 0.717) is 37.2 Å². The molecule has 2 amide bonds. The molecule has 0 unspecified atom stereocenters. The number of ether oxygens (including phenoxy) is 2. The van der Waals surface area contributed by atoms with Gasteiger partial charge in [-0.25, -0.2) is 4.98 Å². The predicted octanol–water partition coefficient (Wildman–Crippen LogP) is 6.66. The lowest BCUT2D eigenvalue weighted by Crippen LogP contribution is -2.25. The molecule has 14 nitrogen and oxygen atoms in total. The van der Waals surface area contributed by atoms with Crippen molar-refractivity contribution < 1.29 is 19.1 Å². The number of nitriles is 1. The summed E-state index contributed by atoms with van der Waals surface area (Å²) in [6.45, 7) is 5.30. The summed E-state index contributed by atoms with van der Waals surface area (Å²) in [7, 11) is 3.78. The molecular weight excluding hydrogens is 768 g/mol. The van der Waals surface area contributed by atoms with Crippen LogP contribution in [0, 0.1) is 23.2 Å². The number of benzene rings is 2. The van der Waals surface area contributed by atoms with Crippen LogP contribution in [-0.4, -0.2) is 71.0 Å². The maximum Gasteiger partial charge on any atom is 0.220 e. The number of nitrogens with zero attached hydrogens (tertiary/aromatic N) is 7. The molecule has 7 heterocycles. The van der Waals surface area contributed by atoms with E-state index in [9.17, 15) is 14.9 Å². The van der Waals surface area contributed by atoms with E-state index in [1.807, 2.05) is 62.9 Å². The molecule has 0 radical (unpaired) electrons. The van der Waals surface area contributed by atoms with Gasteiger partial charge in [-0.05, 0) is 74.7 Å². The number of allylic oxidation sites excluding steroid dienone is 1. The van der Waals surface area contributed by atoms with Crippen LogP contribution in [0.15, 0.2) is 73.3 Å². The first kappa shape index (κ1) is 38.0. The van der Waals surface area contributed by atoms with E-state index in [0.717, 1.165) is 79.3 Å². The summed E-state index contributed by atoms with van der Waals surface area (Å²) >= 11 is 6.39. The second kappa shape index (κ2) is 15.3. The molecule has 0 spiro atoms. The van der Waals surface area contributed by atoms with E-state index in [1.54, 1.807) is 27.8 Å². The fraction of sp³-hybridized carbons (Fsp3) is 0.318. The average Bonchev–Trinajstić information content (AvgIpc) is 4.07. The predicted molar refractivity (Wildman–Crippen MR) is 225 cm³/mol. The number of amides is 2. The molecule has 59 heavy (non-hydrogen) atoms. The molecule has 3 N–H and O–H groups in total. The number of H-pyrrole nitrogens is 1. The summed E-state index contributed by atoms with van der Waals surface area (Å²) in [5.74, 6) is 1.95. The number of aryl methyl sites for hydroxylation is 3. The Labute approximate surface area is 344 Å². The minimum atomic E-state index is -0.130. The zero-order valence-electron chi connectivity index (χ0n) is 33.1. The number of aromatic amines is 1. The Bertz CT molecular complexity index is 2860. The van der Waals surface area contributed by atoms with Gasteiger partial charge in [-0.3, -0.25) is 23.4 Å². The number of pyridine rings is 1. The lowest BCUT2D eigenvalue weighted by Gasteiger charge is -2.20. The van der Waals surface area contributed by atoms with Crippen molar-refractivity contribution in [1.29, 1.82) is 5.26 Å². The van der Waals surface area contributed by atoms with Crippen molar-refractivity contribution in [3.63, 3.8) is 0 Å². The third-order valence-corrected chi connectivity index (χ3v) is 11.8. The van der Waals surface area contributed by atoms with Crippen LogP contribution in [0.2, 0.25) is 0 Å². The Morgan fingerprint density at radius 1 is 0.847 bits per heavy atom. The number of aromatic nitrogens is 7. The van der Waals surface area contributed by atoms with Gasteiger partial charge >= 0.3 is 0 Å². The smallest absolute Gasteiger partial charge is 0.220 e. The number of rotatable bonds is 8. The first-order valence-electron chi connectivity index (χ1n) is 19.8. The Balaban J connectivity index is 0.000000152. The average molecular weight is 811 g/mol. The van der Waals surface area contributed by atoms with E-state index in [2.05, 4.69) is 61.1 Å². The lowest BCUT2D eigenvalue weighted by atomic mass is 10.0. The van der Waals surface area contributed by atoms with Crippen LogP contribution in [0.5, 0.6) is 11.5 Å². The summed E-state index contributed by atoms with van der Waals surface area (Å²) in [5.41, 5.74) is 9.01. The van der Waals surface area contributed by atoms with Crippen LogP contribution < -0.4 is 20.1 Å². The highest BCUT2D eigenvalue weighted by Crippen LogP contribution is 2.38. The van der Waals surface area contributed by atoms with Crippen molar-refractivity contribution in [1.82, 2.24) is 44.6 Å². The molecule has 2 saturated heterocycles. The number of hydrogen-bond acceptors (Lipinski definition) is 8. The van der Waals surface area contributed by atoms with Crippen LogP contribution in [-0.2, 0) is 30.1 Å². The molecule has 5 aromatic heterocycles. The van der Waals surface area contributed by atoms with E-state index in [4.69, 9.17) is 21.1 Å². The fourth-order valence-electron chi connectivity index (χ4n) is 8.21. The number of imidazole rings is 1. The van der Waals surface area contributed by atoms with Gasteiger partial charge in [0.2, 0.25) is 11.8 Å². The fourth-order valence-corrected chi connectivity index (χ4v) is 8.49. The number of nitrogens with one attached hydrogen (secondary N) is 3. The van der Waals surface area contributed by atoms with Crippen LogP contribution >= 0.6 is 11.6 Å². The summed E-state index contributed by atoms with van der Waals surface area (Å²) in [5, 5.41) is 26.8. The molecule has 2 fully saturated rings. The first-order chi connectivity index (χ1) is 28.5. The second-order valence-corrected chi connectivity index (χ2v) is 16.1. The maximum absolute atomic E-state index is 11.6. The van der Waals surface area contributed by atoms with Crippen LogP contribution in [0.1, 0.15) is 49.9 Å². The molecule has 0 saturated carbocycles. The molecule has 4 atom stereocenters. The van der Waals surface area contributed by atoms with E-state index in [1.165, 1.54) is 5.56 Å². The van der Waals surface area contributed by atoms with Gasteiger partial charge < -0.3 is 25.1 Å². The molecule has 300 valence electrons. The molecule has 2 aromatic carbocycles. The van der Waals surface area contributed by atoms with Gasteiger partial charge in [-0.1, -0.05) is 17.7 Å². The van der Waals surface area contributed by atoms with Crippen molar-refractivity contribution in [2.75, 3.05) is 13.1 Å². The maximum atomic E-state index is 11.6. The Morgan fingerprint density at radius 2 is 1.46 bits per heavy atom. The van der Waals surface area contributed by atoms with E-state index in [-0.39, 0.29) is 35.9 Å². The van der Waals surface area contributed by atoms with Crippen molar-refractivity contribution in [2.45, 2.75) is 51.7 Å². The minimum absolute atomic E-state index is 0.0646. The summed E-state index contributed by atoms with van der Waals surface area (Å²) in [6.07, 6.45) is 12.2. The quantitative estimate of drug-likeness (QED) is 0.153. The summed E-state index contributed by atoms with van der Waals surface area (Å²) < 4.78 is 18.2. The third kappa shape index (κ3) is 7.49. The molecular formula is C44H43ClN10O4. The summed E-state index contributed by atoms with van der Waals surface area (Å²) in [6, 6.07) is 16.0. The molecule has 2 aliphatic heterocycles. The Morgan fingerprint density at radius 3 is 2.03 bits per heavy atom. The van der Waals surface area contributed by atoms with Crippen LogP contribution in [0.25, 0.3) is 55.0 Å². The van der Waals surface area contributed by atoms with Gasteiger partial charge in [0.1, 0.15) is 35.4 Å². The molecule has 1 aliphatic carbocycles. The zero-order valence-corrected chi connectivity index (χ0v) is 33.9. The normalized spacial score (nSPS) is 18.5. The molecule has 0 bridgehead atoms. The van der Waals surface area contributed by atoms with E-state index < -0.39 is 0 Å². The highest BCUT2D eigenvalue weighted by Gasteiger charge is 2.30. The van der Waals surface area contributed by atoms with Gasteiger partial charge in [0.25, 0.3) is 0 Å². The molecule has 10 rings (SSSR count). The molecule has 7 aromatic rings. The summed E-state index contributed by atoms with van der Waals surface area (Å²) in [4.78, 5) is 31.1. The highest BCUT2D eigenvalue weighted by molar-refractivity contribution is 6.48. The second-order valence-electron chi connectivity index (χ2n) is 15.7. The van der Waals surface area contributed by atoms with Crippen molar-refractivity contribution in [3.05, 3.63) is 90.1 Å². The lowest BCUT2D eigenvalue weighted by molar-refractivity contribution is -0.120. The Hall–Kier alpha value is -6.59. The largest absolute Gasteiger partial charge is 0.490 e. The third-order valence-electron chi connectivity index (χ3n) is 11.5. The highest BCUT2D eigenvalue weighted by atomic mass is 35.5. The minimum Gasteiger partial charge on any atom is -0.490 e. The molecule has 3 aliphatic rings. The van der Waals surface area contributed by atoms with Crippen LogP contribution in [0.3, 0.4) is 0 Å². The van der Waals surface area contributed by atoms with Crippen LogP contribution in [0.4, 0.5) is 0 Å². The van der Waals surface area contributed by atoms with E-state index >= 15 is 0 Å². The number of carbonyl (C=O) groups excluding carboxylic acids is 2. The van der Waals surface area contributed by atoms with Gasteiger partial charge in [0, 0.05) is 87.3 Å². The Kier molecular flexibility index (Phi) is 9.84. The first-order valence-corrected chi connectivity index (χ1v) is 20.1. The SMILES string of the molecule is C[C@@H](Oc1cc(-c2cc3c([nH]2)C(Cl)=CCC3)cc2nn(C)cc12)[C@H]1CNC(=O)C1.C[C@@H](Oc1cc(-c2cnc3ccc(C#N)cn23)cc2nn(C)cc12)[C@H]1CNC(=O)C1. The zero-order chi connectivity index (χ0) is 40.9. The molecule has 15 heteroatoms. The number of carbonyl (C=O) groups is 2. The van der Waals surface area contributed by atoms with Gasteiger partial charge in [0.05, 0.1) is 50.0 Å². The van der Waals surface area contributed by atoms with Crippen molar-refractivity contribution in [3.8, 4) is 40.1 Å². The van der Waals surface area contributed by atoms with Gasteiger partial charge in [0.15, 0.2) is 0 Å². The van der Waals surface area contributed by atoms with Crippen molar-refractivity contribution >= 4 is 55.9 Å². The number of halogens is 1. The number of fused-ring (bicyclic) bond motifs is 4.